The summed E-state index contributed by atoms with van der Waals surface area (Å²) in [4.78, 5) is 40.7. The number of anilines is 2. The van der Waals surface area contributed by atoms with Crippen LogP contribution in [0.15, 0.2) is 24.3 Å². The van der Waals surface area contributed by atoms with Crippen molar-refractivity contribution < 1.29 is 14.4 Å². The van der Waals surface area contributed by atoms with Crippen molar-refractivity contribution in [3.8, 4) is 0 Å². The first kappa shape index (κ1) is 21.3. The number of benzene rings is 1. The molecule has 2 heterocycles. The molecule has 2 saturated heterocycles. The molecule has 2 fully saturated rings. The number of nitrogens with zero attached hydrogens (tertiary/aromatic N) is 2. The van der Waals surface area contributed by atoms with E-state index in [0.29, 0.717) is 37.2 Å². The van der Waals surface area contributed by atoms with Gasteiger partial charge in [-0.1, -0.05) is 6.07 Å². The molecule has 1 aromatic carbocycles. The van der Waals surface area contributed by atoms with Gasteiger partial charge in [-0.3, -0.25) is 14.4 Å². The molecular weight excluding hydrogens is 368 g/mol. The molecule has 0 bridgehead atoms. The Balaban J connectivity index is 1.48. The quantitative estimate of drug-likeness (QED) is 0.744. The highest BCUT2D eigenvalue weighted by Crippen LogP contribution is 2.24. The Bertz CT molecular complexity index is 741. The molecule has 3 rings (SSSR count). The number of amides is 3. The molecule has 0 saturated carbocycles. The zero-order chi connectivity index (χ0) is 20.8. The Hall–Kier alpha value is -2.41. The summed E-state index contributed by atoms with van der Waals surface area (Å²) in [6.07, 6.45) is 4.51. The number of nitrogens with one attached hydrogen (secondary N) is 2. The number of carbonyl (C=O) groups excluding carboxylic acids is 3. The highest BCUT2D eigenvalue weighted by atomic mass is 16.2. The maximum absolute atomic E-state index is 12.3. The number of hydrogen-bond acceptors (Lipinski definition) is 4. The molecular formula is C22H32N4O3. The summed E-state index contributed by atoms with van der Waals surface area (Å²) >= 11 is 0. The first-order valence-corrected chi connectivity index (χ1v) is 10.7. The molecule has 29 heavy (non-hydrogen) atoms. The second-order valence-electron chi connectivity index (χ2n) is 8.29. The van der Waals surface area contributed by atoms with Gasteiger partial charge in [-0.05, 0) is 76.7 Å². The van der Waals surface area contributed by atoms with Crippen molar-refractivity contribution in [1.82, 2.24) is 10.2 Å². The van der Waals surface area contributed by atoms with E-state index in [4.69, 9.17) is 0 Å². The zero-order valence-corrected chi connectivity index (χ0v) is 17.4. The Morgan fingerprint density at radius 2 is 1.86 bits per heavy atom. The molecule has 2 aliphatic heterocycles. The third kappa shape index (κ3) is 5.79. The Morgan fingerprint density at radius 3 is 2.55 bits per heavy atom. The molecule has 0 aliphatic carbocycles. The summed E-state index contributed by atoms with van der Waals surface area (Å²) in [5.41, 5.74) is 1.27. The molecule has 0 spiro atoms. The van der Waals surface area contributed by atoms with Gasteiger partial charge in [-0.15, -0.1) is 0 Å². The van der Waals surface area contributed by atoms with Crippen molar-refractivity contribution in [3.05, 3.63) is 24.3 Å². The lowest BCUT2D eigenvalue weighted by atomic mass is 9.96. The summed E-state index contributed by atoms with van der Waals surface area (Å²) < 4.78 is 0. The molecule has 0 atom stereocenters. The minimum absolute atomic E-state index is 0.0981. The van der Waals surface area contributed by atoms with Gasteiger partial charge in [0.15, 0.2) is 0 Å². The van der Waals surface area contributed by atoms with Gasteiger partial charge >= 0.3 is 11.8 Å². The monoisotopic (exact) mass is 400 g/mol. The van der Waals surface area contributed by atoms with Crippen molar-refractivity contribution in [2.45, 2.75) is 52.0 Å². The van der Waals surface area contributed by atoms with Gasteiger partial charge < -0.3 is 20.4 Å². The highest BCUT2D eigenvalue weighted by molar-refractivity contribution is 6.39. The second kappa shape index (κ2) is 9.87. The SMILES string of the molecule is CC(C)N1CCC(CNC(=O)C(=O)Nc2cccc(N3CCCCC3=O)c2)CC1. The molecule has 1 aromatic rings. The summed E-state index contributed by atoms with van der Waals surface area (Å²) in [7, 11) is 0. The minimum atomic E-state index is -0.674. The molecule has 7 nitrogen and oxygen atoms in total. The minimum Gasteiger partial charge on any atom is -0.348 e. The van der Waals surface area contributed by atoms with Crippen molar-refractivity contribution in [3.63, 3.8) is 0 Å². The van der Waals surface area contributed by atoms with Crippen LogP contribution in [0.3, 0.4) is 0 Å². The fourth-order valence-electron chi connectivity index (χ4n) is 4.01. The van der Waals surface area contributed by atoms with Crippen LogP contribution in [0, 0.1) is 5.92 Å². The number of likely N-dealkylation sites (tertiary alicyclic amines) is 1. The van der Waals surface area contributed by atoms with Gasteiger partial charge in [-0.2, -0.15) is 0 Å². The van der Waals surface area contributed by atoms with Crippen LogP contribution in [-0.4, -0.2) is 54.8 Å². The number of hydrogen-bond donors (Lipinski definition) is 2. The molecule has 0 radical (unpaired) electrons. The molecule has 2 N–H and O–H groups in total. The van der Waals surface area contributed by atoms with Crippen LogP contribution in [0.25, 0.3) is 0 Å². The van der Waals surface area contributed by atoms with Gasteiger partial charge in [0.05, 0.1) is 0 Å². The third-order valence-electron chi connectivity index (χ3n) is 5.88. The van der Waals surface area contributed by atoms with Gasteiger partial charge in [0.1, 0.15) is 0 Å². The lowest BCUT2D eigenvalue weighted by Gasteiger charge is -2.34. The van der Waals surface area contributed by atoms with E-state index >= 15 is 0 Å². The third-order valence-corrected chi connectivity index (χ3v) is 5.88. The Kier molecular flexibility index (Phi) is 7.25. The molecule has 0 aromatic heterocycles. The summed E-state index contributed by atoms with van der Waals surface area (Å²) in [6, 6.07) is 7.66. The lowest BCUT2D eigenvalue weighted by molar-refractivity contribution is -0.136. The highest BCUT2D eigenvalue weighted by Gasteiger charge is 2.23. The van der Waals surface area contributed by atoms with Crippen LogP contribution in [0.4, 0.5) is 11.4 Å². The lowest BCUT2D eigenvalue weighted by Crippen LogP contribution is -2.43. The fourth-order valence-corrected chi connectivity index (χ4v) is 4.01. The smallest absolute Gasteiger partial charge is 0.313 e. The predicted molar refractivity (Wildman–Crippen MR) is 114 cm³/mol. The van der Waals surface area contributed by atoms with Gasteiger partial charge in [-0.25, -0.2) is 0 Å². The second-order valence-corrected chi connectivity index (χ2v) is 8.29. The topological polar surface area (TPSA) is 81.8 Å². The first-order chi connectivity index (χ1) is 13.9. The fraction of sp³-hybridized carbons (Fsp3) is 0.591. The number of carbonyl (C=O) groups is 3. The molecule has 3 amide bonds. The van der Waals surface area contributed by atoms with E-state index in [2.05, 4.69) is 29.4 Å². The molecule has 7 heteroatoms. The zero-order valence-electron chi connectivity index (χ0n) is 17.4. The van der Waals surface area contributed by atoms with E-state index in [1.165, 1.54) is 0 Å². The van der Waals surface area contributed by atoms with Crippen LogP contribution >= 0.6 is 0 Å². The predicted octanol–water partition coefficient (Wildman–Crippen LogP) is 2.38. The maximum Gasteiger partial charge on any atom is 0.313 e. The summed E-state index contributed by atoms with van der Waals surface area (Å²) in [5.74, 6) is -0.779. The Morgan fingerprint density at radius 1 is 1.10 bits per heavy atom. The van der Waals surface area contributed by atoms with Crippen molar-refractivity contribution >= 4 is 29.1 Å². The van der Waals surface area contributed by atoms with Crippen LogP contribution in [0.5, 0.6) is 0 Å². The van der Waals surface area contributed by atoms with Crippen LogP contribution in [-0.2, 0) is 14.4 Å². The number of rotatable bonds is 5. The maximum atomic E-state index is 12.3. The van der Waals surface area contributed by atoms with E-state index in [0.717, 1.165) is 44.5 Å². The van der Waals surface area contributed by atoms with E-state index in [9.17, 15) is 14.4 Å². The van der Waals surface area contributed by atoms with Gasteiger partial charge in [0.25, 0.3) is 0 Å². The van der Waals surface area contributed by atoms with Crippen LogP contribution < -0.4 is 15.5 Å². The first-order valence-electron chi connectivity index (χ1n) is 10.7. The summed E-state index contributed by atoms with van der Waals surface area (Å²) in [5, 5.41) is 5.42. The van der Waals surface area contributed by atoms with E-state index in [1.807, 2.05) is 6.07 Å². The van der Waals surface area contributed by atoms with Crippen molar-refractivity contribution in [1.29, 1.82) is 0 Å². The van der Waals surface area contributed by atoms with Gasteiger partial charge in [0, 0.05) is 36.9 Å². The van der Waals surface area contributed by atoms with E-state index in [-0.39, 0.29) is 5.91 Å². The normalized spacial score (nSPS) is 18.7. The number of piperidine rings is 2. The van der Waals surface area contributed by atoms with Crippen molar-refractivity contribution in [2.75, 3.05) is 36.4 Å². The molecule has 0 unspecified atom stereocenters. The van der Waals surface area contributed by atoms with Crippen molar-refractivity contribution in [2.24, 2.45) is 5.92 Å². The van der Waals surface area contributed by atoms with Crippen LogP contribution in [0.1, 0.15) is 46.0 Å². The molecule has 158 valence electrons. The Labute approximate surface area is 172 Å². The van der Waals surface area contributed by atoms with Gasteiger partial charge in [0.2, 0.25) is 5.91 Å². The van der Waals surface area contributed by atoms with E-state index in [1.54, 1.807) is 23.1 Å². The summed E-state index contributed by atoms with van der Waals surface area (Å²) in [6.45, 7) is 7.68. The van der Waals surface area contributed by atoms with Crippen LogP contribution in [0.2, 0.25) is 0 Å². The molecule has 2 aliphatic rings. The average Bonchev–Trinajstić information content (AvgIpc) is 2.72. The average molecular weight is 401 g/mol. The van der Waals surface area contributed by atoms with E-state index < -0.39 is 11.8 Å². The largest absolute Gasteiger partial charge is 0.348 e. The standard InChI is InChI=1S/C22H32N4O3/c1-16(2)25-12-9-17(10-13-25)15-23-21(28)22(29)24-18-6-5-7-19(14-18)26-11-4-3-8-20(26)27/h5-7,14,16-17H,3-4,8-13,15H2,1-2H3,(H,23,28)(H,24,29).